The molecule has 0 fully saturated rings. The molecular formula is C23H22N4O2. The molecule has 2 heterocycles. The van der Waals surface area contributed by atoms with Crippen LogP contribution in [0, 0.1) is 6.92 Å². The molecule has 0 saturated heterocycles. The molecule has 6 heteroatoms. The summed E-state index contributed by atoms with van der Waals surface area (Å²) in [5, 5.41) is 2.96. The van der Waals surface area contributed by atoms with Gasteiger partial charge < -0.3 is 14.6 Å². The van der Waals surface area contributed by atoms with Crippen LogP contribution in [0.5, 0.6) is 5.75 Å². The molecule has 0 saturated carbocycles. The van der Waals surface area contributed by atoms with E-state index in [1.54, 1.807) is 25.4 Å². The number of rotatable bonds is 6. The Labute approximate surface area is 169 Å². The molecule has 0 aliphatic heterocycles. The SMILES string of the molecule is COc1ccccc1C(=O)NCc1nc2cccnc2n1Cc1ccc(C)cc1. The van der Waals surface area contributed by atoms with Crippen LogP contribution in [0.15, 0.2) is 66.9 Å². The number of aryl methyl sites for hydroxylation is 1. The molecule has 0 radical (unpaired) electrons. The van der Waals surface area contributed by atoms with E-state index in [2.05, 4.69) is 46.5 Å². The second-order valence-electron chi connectivity index (χ2n) is 6.83. The van der Waals surface area contributed by atoms with Gasteiger partial charge in [0.15, 0.2) is 5.65 Å². The molecule has 2 aromatic carbocycles. The van der Waals surface area contributed by atoms with E-state index >= 15 is 0 Å². The Balaban J connectivity index is 1.61. The minimum atomic E-state index is -0.204. The average molecular weight is 386 g/mol. The Hall–Kier alpha value is -3.67. The fourth-order valence-corrected chi connectivity index (χ4v) is 3.27. The first kappa shape index (κ1) is 18.7. The Morgan fingerprint density at radius 1 is 1.07 bits per heavy atom. The number of para-hydroxylation sites is 1. The number of imidazole rings is 1. The van der Waals surface area contributed by atoms with Crippen molar-refractivity contribution in [1.82, 2.24) is 19.9 Å². The molecule has 29 heavy (non-hydrogen) atoms. The van der Waals surface area contributed by atoms with Gasteiger partial charge in [-0.1, -0.05) is 42.0 Å². The zero-order chi connectivity index (χ0) is 20.2. The van der Waals surface area contributed by atoms with Gasteiger partial charge >= 0.3 is 0 Å². The molecule has 1 amide bonds. The number of methoxy groups -OCH3 is 1. The summed E-state index contributed by atoms with van der Waals surface area (Å²) in [6, 6.07) is 19.3. The summed E-state index contributed by atoms with van der Waals surface area (Å²) in [5.41, 5.74) is 4.47. The number of hydrogen-bond acceptors (Lipinski definition) is 4. The Morgan fingerprint density at radius 2 is 1.86 bits per heavy atom. The van der Waals surface area contributed by atoms with Crippen molar-refractivity contribution in [3.8, 4) is 5.75 Å². The molecule has 0 bridgehead atoms. The fraction of sp³-hybridized carbons (Fsp3) is 0.174. The van der Waals surface area contributed by atoms with Gasteiger partial charge in [0.25, 0.3) is 5.91 Å². The molecule has 2 aromatic heterocycles. The van der Waals surface area contributed by atoms with E-state index in [0.29, 0.717) is 24.4 Å². The highest BCUT2D eigenvalue weighted by atomic mass is 16.5. The van der Waals surface area contributed by atoms with Gasteiger partial charge in [0.05, 0.1) is 25.8 Å². The van der Waals surface area contributed by atoms with Crippen molar-refractivity contribution < 1.29 is 9.53 Å². The highest BCUT2D eigenvalue weighted by molar-refractivity contribution is 5.96. The van der Waals surface area contributed by atoms with Crippen LogP contribution >= 0.6 is 0 Å². The predicted octanol–water partition coefficient (Wildman–Crippen LogP) is 3.73. The smallest absolute Gasteiger partial charge is 0.255 e. The molecule has 0 unspecified atom stereocenters. The van der Waals surface area contributed by atoms with E-state index in [9.17, 15) is 4.79 Å². The summed E-state index contributed by atoms with van der Waals surface area (Å²) < 4.78 is 7.33. The zero-order valence-corrected chi connectivity index (χ0v) is 16.4. The Kier molecular flexibility index (Phi) is 5.24. The Morgan fingerprint density at radius 3 is 2.66 bits per heavy atom. The minimum absolute atomic E-state index is 0.204. The summed E-state index contributed by atoms with van der Waals surface area (Å²) in [5.74, 6) is 1.09. The summed E-state index contributed by atoms with van der Waals surface area (Å²) in [7, 11) is 1.55. The quantitative estimate of drug-likeness (QED) is 0.548. The first-order valence-corrected chi connectivity index (χ1v) is 9.42. The molecule has 146 valence electrons. The predicted molar refractivity (Wildman–Crippen MR) is 112 cm³/mol. The van der Waals surface area contributed by atoms with Gasteiger partial charge in [0.1, 0.15) is 17.1 Å². The largest absolute Gasteiger partial charge is 0.496 e. The third-order valence-electron chi connectivity index (χ3n) is 4.80. The molecule has 4 rings (SSSR count). The van der Waals surface area contributed by atoms with Crippen molar-refractivity contribution in [2.24, 2.45) is 0 Å². The van der Waals surface area contributed by atoms with Crippen LogP contribution in [0.2, 0.25) is 0 Å². The molecular weight excluding hydrogens is 364 g/mol. The number of nitrogens with zero attached hydrogens (tertiary/aromatic N) is 3. The molecule has 4 aromatic rings. The molecule has 0 aliphatic carbocycles. The van der Waals surface area contributed by atoms with E-state index in [1.807, 2.05) is 28.8 Å². The second-order valence-corrected chi connectivity index (χ2v) is 6.83. The van der Waals surface area contributed by atoms with Crippen LogP contribution in [0.25, 0.3) is 11.2 Å². The monoisotopic (exact) mass is 386 g/mol. The van der Waals surface area contributed by atoms with Crippen molar-refractivity contribution in [2.75, 3.05) is 7.11 Å². The third kappa shape index (κ3) is 3.96. The van der Waals surface area contributed by atoms with Crippen molar-refractivity contribution >= 4 is 17.1 Å². The highest BCUT2D eigenvalue weighted by Gasteiger charge is 2.15. The molecule has 0 aliphatic rings. The molecule has 0 spiro atoms. The highest BCUT2D eigenvalue weighted by Crippen LogP contribution is 2.19. The lowest BCUT2D eigenvalue weighted by molar-refractivity contribution is 0.0946. The van der Waals surface area contributed by atoms with E-state index in [-0.39, 0.29) is 5.91 Å². The van der Waals surface area contributed by atoms with E-state index in [1.165, 1.54) is 5.56 Å². The van der Waals surface area contributed by atoms with Gasteiger partial charge in [0, 0.05) is 6.20 Å². The average Bonchev–Trinajstić information content (AvgIpc) is 3.11. The summed E-state index contributed by atoms with van der Waals surface area (Å²) >= 11 is 0. The maximum atomic E-state index is 12.7. The van der Waals surface area contributed by atoms with E-state index < -0.39 is 0 Å². The van der Waals surface area contributed by atoms with Crippen LogP contribution in [0.3, 0.4) is 0 Å². The number of nitrogens with one attached hydrogen (secondary N) is 1. The summed E-state index contributed by atoms with van der Waals surface area (Å²) in [4.78, 5) is 21.9. The van der Waals surface area contributed by atoms with Crippen molar-refractivity contribution in [3.05, 3.63) is 89.4 Å². The summed E-state index contributed by atoms with van der Waals surface area (Å²) in [6.45, 7) is 2.99. The van der Waals surface area contributed by atoms with Crippen LogP contribution in [0.1, 0.15) is 27.3 Å². The topological polar surface area (TPSA) is 69.0 Å². The van der Waals surface area contributed by atoms with Crippen LogP contribution < -0.4 is 10.1 Å². The number of pyridine rings is 1. The zero-order valence-electron chi connectivity index (χ0n) is 16.4. The lowest BCUT2D eigenvalue weighted by Crippen LogP contribution is -2.25. The lowest BCUT2D eigenvalue weighted by Gasteiger charge is -2.11. The van der Waals surface area contributed by atoms with Crippen LogP contribution in [0.4, 0.5) is 0 Å². The number of carbonyl (C=O) groups is 1. The number of carbonyl (C=O) groups excluding carboxylic acids is 1. The van der Waals surface area contributed by atoms with E-state index in [4.69, 9.17) is 4.74 Å². The normalized spacial score (nSPS) is 10.8. The number of hydrogen-bond donors (Lipinski definition) is 1. The second kappa shape index (κ2) is 8.14. The number of ether oxygens (including phenoxy) is 1. The fourth-order valence-electron chi connectivity index (χ4n) is 3.27. The van der Waals surface area contributed by atoms with Crippen LogP contribution in [-0.4, -0.2) is 27.6 Å². The summed E-state index contributed by atoms with van der Waals surface area (Å²) in [6.07, 6.45) is 1.76. The lowest BCUT2D eigenvalue weighted by atomic mass is 10.1. The van der Waals surface area contributed by atoms with Gasteiger partial charge in [-0.05, 0) is 36.8 Å². The van der Waals surface area contributed by atoms with Crippen molar-refractivity contribution in [1.29, 1.82) is 0 Å². The van der Waals surface area contributed by atoms with Crippen molar-refractivity contribution in [2.45, 2.75) is 20.0 Å². The van der Waals surface area contributed by atoms with Gasteiger partial charge in [-0.3, -0.25) is 4.79 Å². The van der Waals surface area contributed by atoms with Gasteiger partial charge in [-0.25, -0.2) is 9.97 Å². The number of aromatic nitrogens is 3. The Bertz CT molecular complexity index is 1150. The first-order chi connectivity index (χ1) is 14.2. The molecule has 6 nitrogen and oxygen atoms in total. The number of benzene rings is 2. The number of amides is 1. The van der Waals surface area contributed by atoms with Crippen LogP contribution in [-0.2, 0) is 13.1 Å². The van der Waals surface area contributed by atoms with Gasteiger partial charge in [0.2, 0.25) is 0 Å². The maximum absolute atomic E-state index is 12.7. The molecule has 0 atom stereocenters. The van der Waals surface area contributed by atoms with Crippen molar-refractivity contribution in [3.63, 3.8) is 0 Å². The number of fused-ring (bicyclic) bond motifs is 1. The first-order valence-electron chi connectivity index (χ1n) is 9.42. The maximum Gasteiger partial charge on any atom is 0.255 e. The standard InChI is InChI=1S/C23H22N4O2/c1-16-9-11-17(12-10-16)15-27-21(26-19-7-5-13-24-22(19)27)14-25-23(28)18-6-3-4-8-20(18)29-2/h3-13H,14-15H2,1-2H3,(H,25,28). The van der Waals surface area contributed by atoms with Gasteiger partial charge in [-0.2, -0.15) is 0 Å². The third-order valence-corrected chi connectivity index (χ3v) is 4.80. The van der Waals surface area contributed by atoms with E-state index in [0.717, 1.165) is 22.6 Å². The molecule has 1 N–H and O–H groups in total. The van der Waals surface area contributed by atoms with Gasteiger partial charge in [-0.15, -0.1) is 0 Å². The minimum Gasteiger partial charge on any atom is -0.496 e.